The highest BCUT2D eigenvalue weighted by Crippen LogP contribution is 2.28. The van der Waals surface area contributed by atoms with Crippen LogP contribution in [0.4, 0.5) is 15.9 Å². The largest absolute Gasteiger partial charge is 0.368 e. The van der Waals surface area contributed by atoms with Crippen LogP contribution >= 0.6 is 0 Å². The van der Waals surface area contributed by atoms with E-state index in [1.165, 1.54) is 12.1 Å². The third-order valence-electron chi connectivity index (χ3n) is 5.62. The molecule has 32 heavy (non-hydrogen) atoms. The van der Waals surface area contributed by atoms with Gasteiger partial charge in [-0.2, -0.15) is 0 Å². The van der Waals surface area contributed by atoms with Crippen molar-refractivity contribution in [3.63, 3.8) is 0 Å². The molecule has 1 N–H and O–H groups in total. The average Bonchev–Trinajstić information content (AvgIpc) is 3.22. The molecule has 8 nitrogen and oxygen atoms in total. The van der Waals surface area contributed by atoms with Gasteiger partial charge in [-0.15, -0.1) is 0 Å². The van der Waals surface area contributed by atoms with Gasteiger partial charge in [0.05, 0.1) is 12.7 Å². The maximum absolute atomic E-state index is 13.4. The Morgan fingerprint density at radius 1 is 0.969 bits per heavy atom. The molecule has 0 unspecified atom stereocenters. The number of carbonyl (C=O) groups excluding carboxylic acids is 1. The number of aromatic nitrogens is 4. The van der Waals surface area contributed by atoms with Gasteiger partial charge in [0.1, 0.15) is 17.3 Å². The Labute approximate surface area is 184 Å². The van der Waals surface area contributed by atoms with Crippen molar-refractivity contribution in [2.45, 2.75) is 0 Å². The first-order valence-electron chi connectivity index (χ1n) is 10.4. The van der Waals surface area contributed by atoms with Gasteiger partial charge < -0.3 is 15.1 Å². The minimum absolute atomic E-state index is 0.0217. The fourth-order valence-corrected chi connectivity index (χ4v) is 3.92. The fourth-order valence-electron chi connectivity index (χ4n) is 3.92. The van der Waals surface area contributed by atoms with E-state index in [9.17, 15) is 9.18 Å². The van der Waals surface area contributed by atoms with E-state index >= 15 is 0 Å². The zero-order valence-electron chi connectivity index (χ0n) is 17.4. The van der Waals surface area contributed by atoms with Crippen LogP contribution < -0.4 is 10.2 Å². The molecule has 1 aliphatic rings. The molecule has 0 bridgehead atoms. The van der Waals surface area contributed by atoms with Crippen LogP contribution in [0, 0.1) is 5.82 Å². The second-order valence-electron chi connectivity index (χ2n) is 7.55. The molecule has 0 spiro atoms. The quantitative estimate of drug-likeness (QED) is 0.524. The van der Waals surface area contributed by atoms with Gasteiger partial charge in [0.25, 0.3) is 0 Å². The van der Waals surface area contributed by atoms with Crippen LogP contribution in [0.15, 0.2) is 67.4 Å². The molecule has 1 amide bonds. The number of rotatable bonds is 5. The Morgan fingerprint density at radius 3 is 2.47 bits per heavy atom. The standard InChI is InChI=1S/C23H22FN7O/c24-18-3-1-17(2-4-18)22-23(31-10-9-26-15-20(31)28-22)27-16-21(32)30-13-11-29(12-14-30)19-5-7-25-8-6-19/h1-10,15,27H,11-14,16H2. The minimum atomic E-state index is -0.310. The van der Waals surface area contributed by atoms with Crippen LogP contribution in [0.3, 0.4) is 0 Å². The number of nitrogens with one attached hydrogen (secondary N) is 1. The molecule has 0 saturated carbocycles. The summed E-state index contributed by atoms with van der Waals surface area (Å²) < 4.78 is 15.2. The summed E-state index contributed by atoms with van der Waals surface area (Å²) in [5.74, 6) is 0.390. The molecular weight excluding hydrogens is 409 g/mol. The summed E-state index contributed by atoms with van der Waals surface area (Å²) in [7, 11) is 0. The van der Waals surface area contributed by atoms with E-state index in [1.807, 2.05) is 21.4 Å². The van der Waals surface area contributed by atoms with Crippen LogP contribution in [-0.2, 0) is 4.79 Å². The Hall–Kier alpha value is -4.01. The summed E-state index contributed by atoms with van der Waals surface area (Å²) in [6.07, 6.45) is 8.66. The van der Waals surface area contributed by atoms with E-state index in [0.29, 0.717) is 30.2 Å². The molecule has 1 aromatic carbocycles. The highest BCUT2D eigenvalue weighted by molar-refractivity contribution is 5.84. The lowest BCUT2D eigenvalue weighted by molar-refractivity contribution is -0.129. The molecule has 9 heteroatoms. The van der Waals surface area contributed by atoms with Crippen LogP contribution in [0.25, 0.3) is 16.9 Å². The summed E-state index contributed by atoms with van der Waals surface area (Å²) in [6.45, 7) is 3.00. The number of hydrogen-bond acceptors (Lipinski definition) is 6. The zero-order chi connectivity index (χ0) is 21.9. The predicted molar refractivity (Wildman–Crippen MR) is 120 cm³/mol. The van der Waals surface area contributed by atoms with Crippen LogP contribution in [0.2, 0.25) is 0 Å². The van der Waals surface area contributed by atoms with Gasteiger partial charge in [0.2, 0.25) is 5.91 Å². The van der Waals surface area contributed by atoms with E-state index in [-0.39, 0.29) is 18.3 Å². The van der Waals surface area contributed by atoms with Crippen LogP contribution in [-0.4, -0.2) is 62.9 Å². The Balaban J connectivity index is 1.29. The van der Waals surface area contributed by atoms with Crippen molar-refractivity contribution in [2.24, 2.45) is 0 Å². The molecule has 0 radical (unpaired) electrons. The molecule has 162 valence electrons. The third-order valence-corrected chi connectivity index (χ3v) is 5.62. The van der Waals surface area contributed by atoms with Gasteiger partial charge >= 0.3 is 0 Å². The monoisotopic (exact) mass is 431 g/mol. The number of benzene rings is 1. The third kappa shape index (κ3) is 3.96. The predicted octanol–water partition coefficient (Wildman–Crippen LogP) is 2.69. The average molecular weight is 431 g/mol. The number of imidazole rings is 1. The van der Waals surface area contributed by atoms with Crippen molar-refractivity contribution in [1.82, 2.24) is 24.3 Å². The molecule has 4 heterocycles. The van der Waals surface area contributed by atoms with E-state index in [1.54, 1.807) is 43.1 Å². The first-order valence-corrected chi connectivity index (χ1v) is 10.4. The normalized spacial score (nSPS) is 14.0. The maximum atomic E-state index is 13.4. The smallest absolute Gasteiger partial charge is 0.242 e. The molecule has 1 aliphatic heterocycles. The number of nitrogens with zero attached hydrogens (tertiary/aromatic N) is 6. The number of carbonyl (C=O) groups is 1. The van der Waals surface area contributed by atoms with Gasteiger partial charge in [-0.05, 0) is 36.4 Å². The Kier molecular flexibility index (Phi) is 5.37. The van der Waals surface area contributed by atoms with Crippen molar-refractivity contribution in [3.05, 3.63) is 73.2 Å². The van der Waals surface area contributed by atoms with E-state index < -0.39 is 0 Å². The number of fused-ring (bicyclic) bond motifs is 1. The Bertz CT molecular complexity index is 1220. The lowest BCUT2D eigenvalue weighted by Gasteiger charge is -2.36. The van der Waals surface area contributed by atoms with Gasteiger partial charge in [-0.1, -0.05) is 0 Å². The van der Waals surface area contributed by atoms with Crippen molar-refractivity contribution in [3.8, 4) is 11.3 Å². The van der Waals surface area contributed by atoms with Gasteiger partial charge in [0, 0.05) is 62.2 Å². The second-order valence-corrected chi connectivity index (χ2v) is 7.55. The lowest BCUT2D eigenvalue weighted by atomic mass is 10.1. The summed E-state index contributed by atoms with van der Waals surface area (Å²) in [5.41, 5.74) is 3.17. The summed E-state index contributed by atoms with van der Waals surface area (Å²) >= 11 is 0. The lowest BCUT2D eigenvalue weighted by Crippen LogP contribution is -2.50. The van der Waals surface area contributed by atoms with Crippen LogP contribution in [0.5, 0.6) is 0 Å². The number of halogens is 1. The number of hydrogen-bond donors (Lipinski definition) is 1. The fraction of sp³-hybridized carbons (Fsp3) is 0.217. The topological polar surface area (TPSA) is 78.7 Å². The highest BCUT2D eigenvalue weighted by atomic mass is 19.1. The van der Waals surface area contributed by atoms with Crippen molar-refractivity contribution in [2.75, 3.05) is 42.9 Å². The molecule has 1 fully saturated rings. The van der Waals surface area contributed by atoms with Gasteiger partial charge in [-0.3, -0.25) is 19.2 Å². The van der Waals surface area contributed by atoms with Crippen molar-refractivity contribution >= 4 is 23.1 Å². The summed E-state index contributed by atoms with van der Waals surface area (Å²) in [4.78, 5) is 29.8. The number of anilines is 2. The van der Waals surface area contributed by atoms with Crippen LogP contribution in [0.1, 0.15) is 0 Å². The minimum Gasteiger partial charge on any atom is -0.368 e. The van der Waals surface area contributed by atoms with E-state index in [4.69, 9.17) is 0 Å². The Morgan fingerprint density at radius 2 is 1.72 bits per heavy atom. The van der Waals surface area contributed by atoms with Crippen molar-refractivity contribution < 1.29 is 9.18 Å². The SMILES string of the molecule is O=C(CNc1c(-c2ccc(F)cc2)nc2cnccn12)N1CCN(c2ccncc2)CC1. The first-order chi connectivity index (χ1) is 15.7. The van der Waals surface area contributed by atoms with E-state index in [0.717, 1.165) is 24.3 Å². The molecule has 1 saturated heterocycles. The van der Waals surface area contributed by atoms with E-state index in [2.05, 4.69) is 25.2 Å². The molecule has 0 aliphatic carbocycles. The second kappa shape index (κ2) is 8.62. The van der Waals surface area contributed by atoms with Crippen molar-refractivity contribution in [1.29, 1.82) is 0 Å². The molecule has 5 rings (SSSR count). The van der Waals surface area contributed by atoms with Gasteiger partial charge in [0.15, 0.2) is 5.65 Å². The number of pyridine rings is 1. The summed E-state index contributed by atoms with van der Waals surface area (Å²) in [5, 5.41) is 3.26. The summed E-state index contributed by atoms with van der Waals surface area (Å²) in [6, 6.07) is 10.1. The zero-order valence-corrected chi connectivity index (χ0v) is 17.4. The molecule has 0 atom stereocenters. The maximum Gasteiger partial charge on any atom is 0.242 e. The number of piperazine rings is 1. The van der Waals surface area contributed by atoms with Gasteiger partial charge in [-0.25, -0.2) is 9.37 Å². The molecular formula is C23H22FN7O. The number of amides is 1. The molecule has 4 aromatic rings. The first kappa shape index (κ1) is 19.9. The molecule has 3 aromatic heterocycles. The highest BCUT2D eigenvalue weighted by Gasteiger charge is 2.22.